The van der Waals surface area contributed by atoms with Crippen molar-refractivity contribution >= 4 is 27.9 Å². The summed E-state index contributed by atoms with van der Waals surface area (Å²) in [6.45, 7) is 0.137. The van der Waals surface area contributed by atoms with E-state index in [1.165, 1.54) is 0 Å². The Kier molecular flexibility index (Phi) is 10.3. The molecule has 3 aromatic heterocycles. The van der Waals surface area contributed by atoms with Crippen LogP contribution < -0.4 is 4.74 Å². The molecule has 0 aliphatic rings. The second kappa shape index (κ2) is 13.8. The maximum atomic E-state index is 12.8. The summed E-state index contributed by atoms with van der Waals surface area (Å²) in [4.78, 5) is 27.7. The lowest BCUT2D eigenvalue weighted by molar-refractivity contribution is -0.143. The topological polar surface area (TPSA) is 127 Å². The number of nitrogens with zero attached hydrogens (tertiary/aromatic N) is 4. The number of alkyl halides is 1. The largest absolute Gasteiger partial charge is 0.487 e. The van der Waals surface area contributed by atoms with E-state index in [-0.39, 0.29) is 19.4 Å². The quantitative estimate of drug-likeness (QED) is 0.247. The van der Waals surface area contributed by atoms with Gasteiger partial charge in [-0.15, -0.1) is 0 Å². The van der Waals surface area contributed by atoms with Crippen molar-refractivity contribution in [1.82, 2.24) is 19.7 Å². The molecule has 0 spiro atoms. The second-order valence-corrected chi connectivity index (χ2v) is 8.44. The number of hydrogen-bond donors (Lipinski definition) is 2. The molecule has 192 valence electrons. The van der Waals surface area contributed by atoms with E-state index in [9.17, 15) is 14.0 Å². The normalized spacial score (nSPS) is 10.3. The van der Waals surface area contributed by atoms with Gasteiger partial charge in [-0.25, -0.2) is 9.37 Å². The van der Waals surface area contributed by atoms with Crippen molar-refractivity contribution in [2.75, 3.05) is 6.67 Å². The molecule has 4 rings (SSSR count). The third-order valence-corrected chi connectivity index (χ3v) is 5.35. The molecule has 0 radical (unpaired) electrons. The summed E-state index contributed by atoms with van der Waals surface area (Å²) in [5.41, 5.74) is 4.50. The van der Waals surface area contributed by atoms with E-state index < -0.39 is 18.6 Å². The Morgan fingerprint density at radius 2 is 1.62 bits per heavy atom. The predicted octanol–water partition coefficient (Wildman–Crippen LogP) is 5.25. The smallest absolute Gasteiger partial charge is 0.303 e. The molecule has 2 N–H and O–H groups in total. The van der Waals surface area contributed by atoms with Gasteiger partial charge in [0.05, 0.1) is 25.1 Å². The average molecular weight is 571 g/mol. The Morgan fingerprint density at radius 3 is 2.22 bits per heavy atom. The summed E-state index contributed by atoms with van der Waals surface area (Å²) in [7, 11) is 0. The van der Waals surface area contributed by atoms with Gasteiger partial charge in [0.15, 0.2) is 0 Å². The van der Waals surface area contributed by atoms with Crippen LogP contribution in [0.3, 0.4) is 0 Å². The van der Waals surface area contributed by atoms with Gasteiger partial charge in [0.25, 0.3) is 0 Å². The number of aromatic nitrogens is 4. The maximum absolute atomic E-state index is 12.8. The highest BCUT2D eigenvalue weighted by Crippen LogP contribution is 2.31. The number of aryl methyl sites for hydroxylation is 1. The van der Waals surface area contributed by atoms with Gasteiger partial charge in [-0.1, -0.05) is 6.07 Å². The fourth-order valence-electron chi connectivity index (χ4n) is 3.19. The summed E-state index contributed by atoms with van der Waals surface area (Å²) >= 11 is 3.36. The molecule has 0 aliphatic heterocycles. The second-order valence-electron chi connectivity index (χ2n) is 7.63. The van der Waals surface area contributed by atoms with Crippen LogP contribution in [-0.2, 0) is 22.7 Å². The third-order valence-electron chi connectivity index (χ3n) is 4.91. The summed E-state index contributed by atoms with van der Waals surface area (Å²) in [6.07, 6.45) is 4.75. The first kappa shape index (κ1) is 27.5. The number of ether oxygens (including phenoxy) is 1. The Labute approximate surface area is 220 Å². The molecule has 0 saturated heterocycles. The Bertz CT molecular complexity index is 1300. The van der Waals surface area contributed by atoms with Crippen molar-refractivity contribution in [3.8, 4) is 28.1 Å². The minimum atomic E-state index is -1.08. The maximum Gasteiger partial charge on any atom is 0.303 e. The molecule has 11 heteroatoms. The minimum Gasteiger partial charge on any atom is -0.487 e. The zero-order chi connectivity index (χ0) is 26.6. The lowest BCUT2D eigenvalue weighted by Gasteiger charge is -2.07. The molecule has 0 bridgehead atoms. The first-order valence-corrected chi connectivity index (χ1v) is 12.0. The van der Waals surface area contributed by atoms with E-state index in [0.717, 1.165) is 38.4 Å². The molecular weight excluding hydrogens is 547 g/mol. The molecule has 37 heavy (non-hydrogen) atoms. The molecule has 0 aliphatic carbocycles. The van der Waals surface area contributed by atoms with Gasteiger partial charge in [0.1, 0.15) is 29.3 Å². The van der Waals surface area contributed by atoms with Crippen LogP contribution in [0.15, 0.2) is 77.8 Å². The lowest BCUT2D eigenvalue weighted by Crippen LogP contribution is -2.00. The SMILES string of the molecule is FCCn1cc(-c2ccncc2)c(-c2ccc(OCc3cccc(Br)n3)cc2)n1.O=C(O)CCC(=O)O. The van der Waals surface area contributed by atoms with Gasteiger partial charge in [-0.2, -0.15) is 5.10 Å². The first-order valence-electron chi connectivity index (χ1n) is 11.2. The van der Waals surface area contributed by atoms with Gasteiger partial charge in [0, 0.05) is 29.7 Å². The summed E-state index contributed by atoms with van der Waals surface area (Å²) in [6, 6.07) is 17.3. The molecule has 1 aromatic carbocycles. The zero-order valence-electron chi connectivity index (χ0n) is 19.6. The van der Waals surface area contributed by atoms with Gasteiger partial charge < -0.3 is 14.9 Å². The van der Waals surface area contributed by atoms with Crippen molar-refractivity contribution in [2.24, 2.45) is 0 Å². The summed E-state index contributed by atoms with van der Waals surface area (Å²) in [5.74, 6) is -1.41. The predicted molar refractivity (Wildman–Crippen MR) is 138 cm³/mol. The van der Waals surface area contributed by atoms with Crippen LogP contribution >= 0.6 is 15.9 Å². The lowest BCUT2D eigenvalue weighted by atomic mass is 10.0. The number of aliphatic carboxylic acids is 2. The van der Waals surface area contributed by atoms with Crippen molar-refractivity contribution < 1.29 is 28.9 Å². The van der Waals surface area contributed by atoms with Gasteiger partial charge >= 0.3 is 11.9 Å². The molecule has 9 nitrogen and oxygen atoms in total. The highest BCUT2D eigenvalue weighted by Gasteiger charge is 2.13. The number of benzene rings is 1. The van der Waals surface area contributed by atoms with Crippen molar-refractivity contribution in [2.45, 2.75) is 26.0 Å². The minimum absolute atomic E-state index is 0.221. The third kappa shape index (κ3) is 8.80. The van der Waals surface area contributed by atoms with Crippen LogP contribution in [0.25, 0.3) is 22.4 Å². The van der Waals surface area contributed by atoms with Gasteiger partial charge in [-0.3, -0.25) is 19.3 Å². The van der Waals surface area contributed by atoms with E-state index in [0.29, 0.717) is 6.61 Å². The fourth-order valence-corrected chi connectivity index (χ4v) is 3.57. The number of carboxylic acids is 2. The van der Waals surface area contributed by atoms with E-state index in [1.54, 1.807) is 17.1 Å². The molecular formula is C26H24BrFN4O5. The Hall–Kier alpha value is -4.12. The average Bonchev–Trinajstić information content (AvgIpc) is 3.32. The van der Waals surface area contributed by atoms with Gasteiger partial charge in [-0.05, 0) is 70.0 Å². The fraction of sp³-hybridized carbons (Fsp3) is 0.192. The van der Waals surface area contributed by atoms with Crippen LogP contribution in [0.5, 0.6) is 5.75 Å². The monoisotopic (exact) mass is 570 g/mol. The highest BCUT2D eigenvalue weighted by molar-refractivity contribution is 9.10. The highest BCUT2D eigenvalue weighted by atomic mass is 79.9. The van der Waals surface area contributed by atoms with Crippen LogP contribution in [0, 0.1) is 0 Å². The van der Waals surface area contributed by atoms with E-state index in [4.69, 9.17) is 14.9 Å². The molecule has 0 fully saturated rings. The van der Waals surface area contributed by atoms with Crippen LogP contribution in [-0.4, -0.2) is 48.6 Å². The summed E-state index contributed by atoms with van der Waals surface area (Å²) < 4.78 is 21.1. The van der Waals surface area contributed by atoms with Crippen LogP contribution in [0.4, 0.5) is 4.39 Å². The molecule has 4 aromatic rings. The van der Waals surface area contributed by atoms with E-state index in [2.05, 4.69) is 31.0 Å². The van der Waals surface area contributed by atoms with Crippen molar-refractivity contribution in [3.63, 3.8) is 0 Å². The molecule has 0 saturated carbocycles. The summed E-state index contributed by atoms with van der Waals surface area (Å²) in [5, 5.41) is 20.4. The molecule has 0 atom stereocenters. The van der Waals surface area contributed by atoms with Crippen LogP contribution in [0.1, 0.15) is 18.5 Å². The number of halogens is 2. The number of hydrogen-bond acceptors (Lipinski definition) is 6. The number of rotatable bonds is 10. The Balaban J connectivity index is 0.000000414. The van der Waals surface area contributed by atoms with Crippen molar-refractivity contribution in [1.29, 1.82) is 0 Å². The number of pyridine rings is 2. The molecule has 0 unspecified atom stereocenters. The van der Waals surface area contributed by atoms with Crippen molar-refractivity contribution in [3.05, 3.63) is 83.5 Å². The van der Waals surface area contributed by atoms with Gasteiger partial charge in [0.2, 0.25) is 0 Å². The van der Waals surface area contributed by atoms with E-state index >= 15 is 0 Å². The van der Waals surface area contributed by atoms with Crippen LogP contribution in [0.2, 0.25) is 0 Å². The first-order chi connectivity index (χ1) is 17.9. The number of carbonyl (C=O) groups is 2. The van der Waals surface area contributed by atoms with E-state index in [1.807, 2.05) is 60.8 Å². The zero-order valence-corrected chi connectivity index (χ0v) is 21.2. The molecule has 3 heterocycles. The number of carboxylic acid groups (broad SMARTS) is 2. The Morgan fingerprint density at radius 1 is 0.946 bits per heavy atom. The molecule has 0 amide bonds. The standard InChI is InChI=1S/C22H18BrFN4O.C4H6O4/c23-21-3-1-2-18(26-21)15-29-19-6-4-17(5-7-19)22-20(14-28(27-22)13-10-24)16-8-11-25-12-9-16;5-3(6)1-2-4(7)8/h1-9,11-12,14H,10,13,15H2;1-2H2,(H,5,6)(H,7,8).